The molecule has 2 rings (SSSR count). The topological polar surface area (TPSA) is 67.3 Å². The SMILES string of the molecule is O=C1CC(CS(=O)(=O)F)CN1c1ccc(Cl)c(Br)n1. The lowest BCUT2D eigenvalue weighted by Crippen LogP contribution is -2.26. The summed E-state index contributed by atoms with van der Waals surface area (Å²) in [7, 11) is -4.58. The van der Waals surface area contributed by atoms with E-state index in [1.165, 1.54) is 4.90 Å². The first-order chi connectivity index (χ1) is 8.76. The Morgan fingerprint density at radius 2 is 2.21 bits per heavy atom. The van der Waals surface area contributed by atoms with Crippen LogP contribution < -0.4 is 4.90 Å². The number of aromatic nitrogens is 1. The smallest absolute Gasteiger partial charge is 0.296 e. The highest BCUT2D eigenvalue weighted by atomic mass is 79.9. The molecule has 1 saturated heterocycles. The van der Waals surface area contributed by atoms with E-state index in [0.29, 0.717) is 15.4 Å². The molecule has 1 aromatic heterocycles. The highest BCUT2D eigenvalue weighted by Crippen LogP contribution is 2.28. The van der Waals surface area contributed by atoms with Crippen LogP contribution in [0.2, 0.25) is 5.02 Å². The minimum atomic E-state index is -4.58. The summed E-state index contributed by atoms with van der Waals surface area (Å²) in [4.78, 5) is 17.2. The van der Waals surface area contributed by atoms with Gasteiger partial charge in [0.1, 0.15) is 10.4 Å². The Kier molecular flexibility index (Phi) is 4.12. The lowest BCUT2D eigenvalue weighted by molar-refractivity contribution is -0.117. The van der Waals surface area contributed by atoms with E-state index in [4.69, 9.17) is 11.6 Å². The molecule has 0 aromatic carbocycles. The van der Waals surface area contributed by atoms with E-state index >= 15 is 0 Å². The number of hydrogen-bond acceptors (Lipinski definition) is 4. The predicted octanol–water partition coefficient (Wildman–Crippen LogP) is 2.15. The standard InChI is InChI=1S/C10H9BrClFN2O3S/c11-10-7(12)1-2-8(14-10)15-4-6(3-9(15)16)5-19(13,17)18/h1-2,6H,3-5H2. The van der Waals surface area contributed by atoms with Gasteiger partial charge in [0, 0.05) is 18.9 Å². The zero-order valence-corrected chi connectivity index (χ0v) is 12.7. The van der Waals surface area contributed by atoms with Crippen molar-refractivity contribution in [1.29, 1.82) is 0 Å². The summed E-state index contributed by atoms with van der Waals surface area (Å²) in [5.41, 5.74) is 0. The van der Waals surface area contributed by atoms with Crippen molar-refractivity contribution in [1.82, 2.24) is 4.98 Å². The van der Waals surface area contributed by atoms with Gasteiger partial charge in [-0.25, -0.2) is 4.98 Å². The number of hydrogen-bond donors (Lipinski definition) is 0. The number of nitrogens with zero attached hydrogens (tertiary/aromatic N) is 2. The number of halogens is 3. The molecule has 2 heterocycles. The van der Waals surface area contributed by atoms with Gasteiger partial charge in [0.25, 0.3) is 0 Å². The molecule has 0 saturated carbocycles. The molecule has 1 aromatic rings. The molecular formula is C10H9BrClFN2O3S. The number of anilines is 1. The van der Waals surface area contributed by atoms with Crippen molar-refractivity contribution in [2.24, 2.45) is 5.92 Å². The molecule has 0 spiro atoms. The molecule has 1 fully saturated rings. The molecule has 19 heavy (non-hydrogen) atoms. The lowest BCUT2D eigenvalue weighted by atomic mass is 10.1. The maximum absolute atomic E-state index is 12.6. The van der Waals surface area contributed by atoms with E-state index in [-0.39, 0.29) is 18.9 Å². The van der Waals surface area contributed by atoms with Crippen LogP contribution in [0, 0.1) is 5.92 Å². The molecule has 0 aliphatic carbocycles. The van der Waals surface area contributed by atoms with Gasteiger partial charge in [-0.15, -0.1) is 3.89 Å². The number of carbonyl (C=O) groups excluding carboxylic acids is 1. The van der Waals surface area contributed by atoms with Crippen molar-refractivity contribution >= 4 is 49.5 Å². The normalized spacial score (nSPS) is 20.1. The highest BCUT2D eigenvalue weighted by molar-refractivity contribution is 9.10. The quantitative estimate of drug-likeness (QED) is 0.603. The van der Waals surface area contributed by atoms with E-state index < -0.39 is 21.9 Å². The fourth-order valence-electron chi connectivity index (χ4n) is 1.95. The van der Waals surface area contributed by atoms with Crippen molar-refractivity contribution in [3.63, 3.8) is 0 Å². The molecule has 1 unspecified atom stereocenters. The van der Waals surface area contributed by atoms with Gasteiger partial charge in [-0.1, -0.05) is 11.6 Å². The Balaban J connectivity index is 2.18. The molecule has 1 amide bonds. The van der Waals surface area contributed by atoms with Gasteiger partial charge in [-0.3, -0.25) is 9.69 Å². The monoisotopic (exact) mass is 370 g/mol. The minimum Gasteiger partial charge on any atom is -0.296 e. The summed E-state index contributed by atoms with van der Waals surface area (Å²) in [5.74, 6) is -1.13. The fourth-order valence-corrected chi connectivity index (χ4v) is 3.16. The first-order valence-electron chi connectivity index (χ1n) is 5.31. The predicted molar refractivity (Wildman–Crippen MR) is 72.3 cm³/mol. The Labute approximate surface area is 123 Å². The van der Waals surface area contributed by atoms with E-state index in [9.17, 15) is 17.1 Å². The Hall–Kier alpha value is -0.730. The second-order valence-corrected chi connectivity index (χ2v) is 6.79. The van der Waals surface area contributed by atoms with Crippen LogP contribution in [-0.4, -0.2) is 31.6 Å². The Morgan fingerprint density at radius 1 is 1.53 bits per heavy atom. The maximum atomic E-state index is 12.6. The van der Waals surface area contributed by atoms with Gasteiger partial charge < -0.3 is 0 Å². The second kappa shape index (κ2) is 5.34. The molecule has 0 radical (unpaired) electrons. The van der Waals surface area contributed by atoms with Crippen molar-refractivity contribution < 1.29 is 17.1 Å². The van der Waals surface area contributed by atoms with Crippen molar-refractivity contribution in [3.05, 3.63) is 21.8 Å². The van der Waals surface area contributed by atoms with Crippen molar-refractivity contribution in [2.75, 3.05) is 17.2 Å². The second-order valence-electron chi connectivity index (χ2n) is 4.22. The van der Waals surface area contributed by atoms with Crippen LogP contribution in [0.5, 0.6) is 0 Å². The van der Waals surface area contributed by atoms with E-state index in [0.717, 1.165) is 0 Å². The number of amides is 1. The molecule has 5 nitrogen and oxygen atoms in total. The largest absolute Gasteiger partial charge is 0.302 e. The number of carbonyl (C=O) groups is 1. The molecule has 0 bridgehead atoms. The van der Waals surface area contributed by atoms with Crippen LogP contribution in [-0.2, 0) is 15.0 Å². The van der Waals surface area contributed by atoms with Crippen LogP contribution in [0.15, 0.2) is 16.7 Å². The molecule has 104 valence electrons. The van der Waals surface area contributed by atoms with Crippen LogP contribution in [0.25, 0.3) is 0 Å². The van der Waals surface area contributed by atoms with Gasteiger partial charge in [0.15, 0.2) is 0 Å². The first-order valence-corrected chi connectivity index (χ1v) is 8.03. The third-order valence-electron chi connectivity index (χ3n) is 2.70. The number of pyridine rings is 1. The maximum Gasteiger partial charge on any atom is 0.302 e. The van der Waals surface area contributed by atoms with Crippen LogP contribution in [0.4, 0.5) is 9.70 Å². The summed E-state index contributed by atoms with van der Waals surface area (Å²) in [6, 6.07) is 3.12. The summed E-state index contributed by atoms with van der Waals surface area (Å²) >= 11 is 8.94. The molecule has 1 aliphatic heterocycles. The highest BCUT2D eigenvalue weighted by Gasteiger charge is 2.34. The first kappa shape index (κ1) is 14.7. The van der Waals surface area contributed by atoms with Crippen LogP contribution >= 0.6 is 27.5 Å². The van der Waals surface area contributed by atoms with Crippen molar-refractivity contribution in [3.8, 4) is 0 Å². The average molecular weight is 372 g/mol. The van der Waals surface area contributed by atoms with E-state index in [1.54, 1.807) is 12.1 Å². The third kappa shape index (κ3) is 3.64. The molecule has 1 atom stereocenters. The molecule has 9 heteroatoms. The Morgan fingerprint density at radius 3 is 2.79 bits per heavy atom. The van der Waals surface area contributed by atoms with Crippen LogP contribution in [0.3, 0.4) is 0 Å². The summed E-state index contributed by atoms with van der Waals surface area (Å²) < 4.78 is 34.2. The zero-order valence-electron chi connectivity index (χ0n) is 9.51. The van der Waals surface area contributed by atoms with E-state index in [2.05, 4.69) is 20.9 Å². The summed E-state index contributed by atoms with van der Waals surface area (Å²) in [6.07, 6.45) is -0.00885. The van der Waals surface area contributed by atoms with Gasteiger partial charge in [-0.2, -0.15) is 8.42 Å². The molecule has 0 N–H and O–H groups in total. The van der Waals surface area contributed by atoms with Gasteiger partial charge >= 0.3 is 10.2 Å². The zero-order chi connectivity index (χ0) is 14.2. The van der Waals surface area contributed by atoms with Gasteiger partial charge in [-0.05, 0) is 28.1 Å². The minimum absolute atomic E-state index is 0.00885. The van der Waals surface area contributed by atoms with Gasteiger partial charge in [0.05, 0.1) is 10.8 Å². The molecular weight excluding hydrogens is 363 g/mol. The fraction of sp³-hybridized carbons (Fsp3) is 0.400. The lowest BCUT2D eigenvalue weighted by Gasteiger charge is -2.15. The third-order valence-corrected chi connectivity index (χ3v) is 4.71. The summed E-state index contributed by atoms with van der Waals surface area (Å²) in [5, 5.41) is 0.401. The Bertz CT molecular complexity index is 625. The van der Waals surface area contributed by atoms with E-state index in [1.807, 2.05) is 0 Å². The van der Waals surface area contributed by atoms with Crippen molar-refractivity contribution in [2.45, 2.75) is 6.42 Å². The summed E-state index contributed by atoms with van der Waals surface area (Å²) in [6.45, 7) is 0.128. The van der Waals surface area contributed by atoms with Gasteiger partial charge in [0.2, 0.25) is 5.91 Å². The average Bonchev–Trinajstić information content (AvgIpc) is 2.61. The molecule has 1 aliphatic rings. The number of rotatable bonds is 3. The van der Waals surface area contributed by atoms with Crippen LogP contribution in [0.1, 0.15) is 6.42 Å².